The van der Waals surface area contributed by atoms with Crippen LogP contribution in [0.1, 0.15) is 11.8 Å². The molecule has 0 spiro atoms. The number of methoxy groups -OCH3 is 1. The van der Waals surface area contributed by atoms with E-state index in [0.717, 1.165) is 9.21 Å². The van der Waals surface area contributed by atoms with Gasteiger partial charge in [0.15, 0.2) is 5.96 Å². The van der Waals surface area contributed by atoms with Gasteiger partial charge in [-0.05, 0) is 19.1 Å². The third-order valence-corrected chi connectivity index (χ3v) is 3.06. The molecule has 1 rings (SSSR count). The fourth-order valence-electron chi connectivity index (χ4n) is 1.19. The van der Waals surface area contributed by atoms with E-state index in [9.17, 15) is 0 Å². The molecule has 90 valence electrons. The Labute approximate surface area is 104 Å². The predicted octanol–water partition coefficient (Wildman–Crippen LogP) is 1.84. The molecule has 0 aromatic carbocycles. The lowest BCUT2D eigenvalue weighted by Gasteiger charge is -2.12. The molecule has 0 aliphatic rings. The third-order valence-electron chi connectivity index (χ3n) is 1.85. The summed E-state index contributed by atoms with van der Waals surface area (Å²) >= 11 is 7.32. The van der Waals surface area contributed by atoms with Gasteiger partial charge in [0, 0.05) is 18.0 Å². The van der Waals surface area contributed by atoms with Crippen molar-refractivity contribution in [2.45, 2.75) is 19.5 Å². The monoisotopic (exact) mass is 261 g/mol. The number of ether oxygens (including phenoxy) is 1. The zero-order chi connectivity index (χ0) is 12.0. The standard InChI is InChI=1S/C10H16ClN3OS/c1-7(6-15-2)14-10(12)13-5-8-3-4-9(11)16-8/h3-4,7H,5-6H2,1-2H3,(H3,12,13,14). The summed E-state index contributed by atoms with van der Waals surface area (Å²) in [6, 6.07) is 3.96. The van der Waals surface area contributed by atoms with Gasteiger partial charge >= 0.3 is 0 Å². The van der Waals surface area contributed by atoms with Crippen LogP contribution in [0.3, 0.4) is 0 Å². The quantitative estimate of drug-likeness (QED) is 0.628. The van der Waals surface area contributed by atoms with E-state index >= 15 is 0 Å². The fraction of sp³-hybridized carbons (Fsp3) is 0.500. The Kier molecular flexibility index (Phi) is 5.59. The molecular weight excluding hydrogens is 246 g/mol. The van der Waals surface area contributed by atoms with Gasteiger partial charge in [-0.25, -0.2) is 4.99 Å². The summed E-state index contributed by atoms with van der Waals surface area (Å²) in [4.78, 5) is 5.30. The minimum absolute atomic E-state index is 0.153. The Morgan fingerprint density at radius 1 is 1.69 bits per heavy atom. The summed E-state index contributed by atoms with van der Waals surface area (Å²) in [7, 11) is 1.65. The number of hydrogen-bond acceptors (Lipinski definition) is 3. The first-order chi connectivity index (χ1) is 7.61. The van der Waals surface area contributed by atoms with Crippen molar-refractivity contribution in [3.05, 3.63) is 21.3 Å². The maximum Gasteiger partial charge on any atom is 0.189 e. The van der Waals surface area contributed by atoms with Gasteiger partial charge in [-0.3, -0.25) is 0 Å². The summed E-state index contributed by atoms with van der Waals surface area (Å²) in [5.74, 6) is 0.425. The van der Waals surface area contributed by atoms with Crippen LogP contribution >= 0.6 is 22.9 Å². The summed E-state index contributed by atoms with van der Waals surface area (Å²) in [6.45, 7) is 3.13. The Morgan fingerprint density at radius 3 is 3.00 bits per heavy atom. The van der Waals surface area contributed by atoms with Crippen molar-refractivity contribution in [2.75, 3.05) is 13.7 Å². The van der Waals surface area contributed by atoms with Crippen molar-refractivity contribution in [2.24, 2.45) is 10.7 Å². The van der Waals surface area contributed by atoms with Crippen LogP contribution in [-0.2, 0) is 11.3 Å². The zero-order valence-corrected chi connectivity index (χ0v) is 10.9. The highest BCUT2D eigenvalue weighted by Gasteiger charge is 2.02. The van der Waals surface area contributed by atoms with Crippen molar-refractivity contribution in [3.63, 3.8) is 0 Å². The molecular formula is C10H16ClN3OS. The molecule has 0 bridgehead atoms. The van der Waals surface area contributed by atoms with Gasteiger partial charge in [0.1, 0.15) is 0 Å². The van der Waals surface area contributed by atoms with E-state index in [1.165, 1.54) is 11.3 Å². The van der Waals surface area contributed by atoms with E-state index in [2.05, 4.69) is 10.3 Å². The Morgan fingerprint density at radius 2 is 2.44 bits per heavy atom. The normalized spacial score (nSPS) is 13.8. The van der Waals surface area contributed by atoms with Crippen molar-refractivity contribution in [1.29, 1.82) is 0 Å². The number of hydrogen-bond donors (Lipinski definition) is 2. The van der Waals surface area contributed by atoms with E-state index in [1.807, 2.05) is 19.1 Å². The SMILES string of the molecule is COCC(C)NC(N)=NCc1ccc(Cl)s1. The van der Waals surface area contributed by atoms with Crippen molar-refractivity contribution < 1.29 is 4.74 Å². The van der Waals surface area contributed by atoms with Gasteiger partial charge < -0.3 is 15.8 Å². The number of nitrogens with one attached hydrogen (secondary N) is 1. The molecule has 1 heterocycles. The molecule has 1 unspecified atom stereocenters. The molecule has 0 fully saturated rings. The molecule has 16 heavy (non-hydrogen) atoms. The maximum absolute atomic E-state index is 5.81. The Balaban J connectivity index is 2.39. The second-order valence-corrected chi connectivity index (χ2v) is 5.21. The molecule has 1 atom stereocenters. The summed E-state index contributed by atoms with van der Waals surface area (Å²) < 4.78 is 5.75. The summed E-state index contributed by atoms with van der Waals surface area (Å²) in [6.07, 6.45) is 0. The first-order valence-electron chi connectivity index (χ1n) is 4.91. The van der Waals surface area contributed by atoms with Crippen molar-refractivity contribution >= 4 is 28.9 Å². The van der Waals surface area contributed by atoms with Crippen LogP contribution in [0.5, 0.6) is 0 Å². The molecule has 0 amide bonds. The second kappa shape index (κ2) is 6.73. The lowest BCUT2D eigenvalue weighted by atomic mass is 10.4. The lowest BCUT2D eigenvalue weighted by molar-refractivity contribution is 0.179. The third kappa shape index (κ3) is 4.83. The molecule has 0 aliphatic carbocycles. The number of nitrogens with two attached hydrogens (primary N) is 1. The molecule has 4 nitrogen and oxygen atoms in total. The largest absolute Gasteiger partial charge is 0.383 e. The molecule has 0 saturated carbocycles. The smallest absolute Gasteiger partial charge is 0.189 e. The molecule has 1 aromatic heterocycles. The fourth-order valence-corrected chi connectivity index (χ4v) is 2.20. The van der Waals surface area contributed by atoms with Gasteiger partial charge in [0.25, 0.3) is 0 Å². The molecule has 6 heteroatoms. The lowest BCUT2D eigenvalue weighted by Crippen LogP contribution is -2.40. The first kappa shape index (κ1) is 13.3. The number of halogens is 1. The van der Waals surface area contributed by atoms with E-state index in [0.29, 0.717) is 19.1 Å². The van der Waals surface area contributed by atoms with Gasteiger partial charge in [-0.2, -0.15) is 0 Å². The van der Waals surface area contributed by atoms with Crippen LogP contribution in [0, 0.1) is 0 Å². The highest BCUT2D eigenvalue weighted by Crippen LogP contribution is 2.21. The van der Waals surface area contributed by atoms with Gasteiger partial charge in [-0.15, -0.1) is 11.3 Å². The highest BCUT2D eigenvalue weighted by molar-refractivity contribution is 7.16. The molecule has 0 radical (unpaired) electrons. The van der Waals surface area contributed by atoms with E-state index < -0.39 is 0 Å². The molecule has 3 N–H and O–H groups in total. The highest BCUT2D eigenvalue weighted by atomic mass is 35.5. The van der Waals surface area contributed by atoms with E-state index in [1.54, 1.807) is 7.11 Å². The molecule has 0 aliphatic heterocycles. The van der Waals surface area contributed by atoms with Crippen molar-refractivity contribution in [1.82, 2.24) is 5.32 Å². The average molecular weight is 262 g/mol. The average Bonchev–Trinajstić information content (AvgIpc) is 2.61. The predicted molar refractivity (Wildman–Crippen MR) is 69.1 cm³/mol. The van der Waals surface area contributed by atoms with Gasteiger partial charge in [0.05, 0.1) is 17.5 Å². The number of thiophene rings is 1. The number of aliphatic imine (C=N–C) groups is 1. The van der Waals surface area contributed by atoms with Crippen LogP contribution in [0.4, 0.5) is 0 Å². The topological polar surface area (TPSA) is 59.6 Å². The van der Waals surface area contributed by atoms with Crippen LogP contribution in [0.15, 0.2) is 17.1 Å². The minimum atomic E-state index is 0.153. The Bertz CT molecular complexity index is 354. The number of nitrogens with zero attached hydrogens (tertiary/aromatic N) is 1. The molecule has 0 saturated heterocycles. The Hall–Kier alpha value is -0.780. The second-order valence-electron chi connectivity index (χ2n) is 3.41. The van der Waals surface area contributed by atoms with Gasteiger partial charge in [0.2, 0.25) is 0 Å². The van der Waals surface area contributed by atoms with Crippen LogP contribution in [0.2, 0.25) is 4.34 Å². The van der Waals surface area contributed by atoms with Crippen molar-refractivity contribution in [3.8, 4) is 0 Å². The van der Waals surface area contributed by atoms with Crippen LogP contribution < -0.4 is 11.1 Å². The van der Waals surface area contributed by atoms with E-state index in [-0.39, 0.29) is 6.04 Å². The number of guanidine groups is 1. The van der Waals surface area contributed by atoms with Crippen LogP contribution in [-0.4, -0.2) is 25.7 Å². The zero-order valence-electron chi connectivity index (χ0n) is 9.37. The first-order valence-corrected chi connectivity index (χ1v) is 6.11. The van der Waals surface area contributed by atoms with Crippen LogP contribution in [0.25, 0.3) is 0 Å². The summed E-state index contributed by atoms with van der Waals surface area (Å²) in [5, 5.41) is 3.03. The summed E-state index contributed by atoms with van der Waals surface area (Å²) in [5.41, 5.74) is 5.71. The van der Waals surface area contributed by atoms with Gasteiger partial charge in [-0.1, -0.05) is 11.6 Å². The van der Waals surface area contributed by atoms with E-state index in [4.69, 9.17) is 22.1 Å². The maximum atomic E-state index is 5.81. The number of rotatable bonds is 5. The molecule has 1 aromatic rings. The minimum Gasteiger partial charge on any atom is -0.383 e.